The molecule has 1 aliphatic rings. The Morgan fingerprint density at radius 1 is 1.14 bits per heavy atom. The summed E-state index contributed by atoms with van der Waals surface area (Å²) < 4.78 is 0. The maximum Gasteiger partial charge on any atom is 0.0336 e. The maximum absolute atomic E-state index is 4.16. The molecule has 1 aromatic rings. The third-order valence-electron chi connectivity index (χ3n) is 3.43. The van der Waals surface area contributed by atoms with E-state index in [-0.39, 0.29) is 0 Å². The first-order chi connectivity index (χ1) is 10.2. The highest BCUT2D eigenvalue weighted by Crippen LogP contribution is 2.26. The van der Waals surface area contributed by atoms with Gasteiger partial charge in [0.05, 0.1) is 0 Å². The molecule has 0 saturated heterocycles. The molecular weight excluding hydrogens is 272 g/mol. The molecule has 0 atom stereocenters. The van der Waals surface area contributed by atoms with Crippen LogP contribution in [0.2, 0.25) is 0 Å². The lowest BCUT2D eigenvalue weighted by Crippen LogP contribution is -1.94. The van der Waals surface area contributed by atoms with Crippen LogP contribution in [0.3, 0.4) is 0 Å². The summed E-state index contributed by atoms with van der Waals surface area (Å²) >= 11 is 1.72. The van der Waals surface area contributed by atoms with E-state index in [9.17, 15) is 0 Å². The van der Waals surface area contributed by atoms with Crippen molar-refractivity contribution < 1.29 is 0 Å². The van der Waals surface area contributed by atoms with Crippen molar-refractivity contribution in [3.05, 3.63) is 89.7 Å². The second kappa shape index (κ2) is 9.15. The fourth-order valence-electron chi connectivity index (χ4n) is 2.09. The van der Waals surface area contributed by atoms with Gasteiger partial charge >= 0.3 is 0 Å². The summed E-state index contributed by atoms with van der Waals surface area (Å²) in [5.74, 6) is 0. The molecule has 0 N–H and O–H groups in total. The van der Waals surface area contributed by atoms with Gasteiger partial charge in [-0.05, 0) is 47.4 Å². The smallest absolute Gasteiger partial charge is 0.0336 e. The molecule has 0 unspecified atom stereocenters. The maximum atomic E-state index is 4.16. The molecule has 0 aliphatic heterocycles. The lowest BCUT2D eigenvalue weighted by Gasteiger charge is -2.13. The Morgan fingerprint density at radius 3 is 2.38 bits per heavy atom. The Hall–Kier alpha value is -1.86. The van der Waals surface area contributed by atoms with E-state index in [1.165, 1.54) is 22.4 Å². The molecule has 0 radical (unpaired) electrons. The van der Waals surface area contributed by atoms with Crippen molar-refractivity contribution in [2.45, 2.75) is 26.2 Å². The Morgan fingerprint density at radius 2 is 1.86 bits per heavy atom. The highest BCUT2D eigenvalue weighted by molar-refractivity contribution is 7.11. The molecule has 0 aromatic carbocycles. The summed E-state index contributed by atoms with van der Waals surface area (Å²) in [5.41, 5.74) is 5.03. The molecule has 2 rings (SSSR count). The first-order valence-electron chi connectivity index (χ1n) is 7.19. The molecule has 1 heterocycles. The average Bonchev–Trinajstić information content (AvgIpc) is 3.09. The summed E-state index contributed by atoms with van der Waals surface area (Å²) in [6.07, 6.45) is 12.0. The topological polar surface area (TPSA) is 0 Å². The van der Waals surface area contributed by atoms with E-state index in [1.807, 2.05) is 0 Å². The Balaban J connectivity index is 0.00000106. The van der Waals surface area contributed by atoms with Gasteiger partial charge in [0.25, 0.3) is 0 Å². The second-order valence-electron chi connectivity index (χ2n) is 4.73. The zero-order valence-corrected chi connectivity index (χ0v) is 13.7. The Labute approximate surface area is 133 Å². The fraction of sp³-hybridized carbons (Fsp3) is 0.200. The van der Waals surface area contributed by atoms with Gasteiger partial charge in [-0.15, -0.1) is 24.5 Å². The van der Waals surface area contributed by atoms with Crippen LogP contribution in [0.25, 0.3) is 5.57 Å². The van der Waals surface area contributed by atoms with E-state index in [2.05, 4.69) is 75.1 Å². The SMILES string of the molecule is C=C.C=C(/C=C\C(=C)c1cccs1)C1=CC=C(CC)CC1. The minimum absolute atomic E-state index is 1.05. The Bertz CT molecular complexity index is 565. The van der Waals surface area contributed by atoms with Crippen LogP contribution in [-0.4, -0.2) is 0 Å². The van der Waals surface area contributed by atoms with Crippen molar-refractivity contribution in [3.8, 4) is 0 Å². The zero-order chi connectivity index (χ0) is 15.7. The molecule has 0 saturated carbocycles. The molecule has 0 amide bonds. The quantitative estimate of drug-likeness (QED) is 0.417. The number of thiophene rings is 1. The largest absolute Gasteiger partial charge is 0.144 e. The van der Waals surface area contributed by atoms with Crippen molar-refractivity contribution in [3.63, 3.8) is 0 Å². The van der Waals surface area contributed by atoms with E-state index >= 15 is 0 Å². The van der Waals surface area contributed by atoms with Crippen molar-refractivity contribution in [2.75, 3.05) is 0 Å². The minimum Gasteiger partial charge on any atom is -0.144 e. The van der Waals surface area contributed by atoms with Crippen molar-refractivity contribution in [2.24, 2.45) is 0 Å². The number of allylic oxidation sites excluding steroid dienone is 8. The lowest BCUT2D eigenvalue weighted by atomic mass is 9.92. The third-order valence-corrected chi connectivity index (χ3v) is 4.37. The van der Waals surface area contributed by atoms with Crippen LogP contribution in [0, 0.1) is 0 Å². The van der Waals surface area contributed by atoms with Crippen molar-refractivity contribution in [1.29, 1.82) is 0 Å². The molecule has 0 bridgehead atoms. The molecule has 1 aromatic heterocycles. The van der Waals surface area contributed by atoms with Gasteiger partial charge in [-0.1, -0.05) is 56.0 Å². The number of hydrogen-bond acceptors (Lipinski definition) is 1. The van der Waals surface area contributed by atoms with Gasteiger partial charge in [0.1, 0.15) is 0 Å². The minimum atomic E-state index is 1.05. The monoisotopic (exact) mass is 296 g/mol. The van der Waals surface area contributed by atoms with E-state index in [0.29, 0.717) is 0 Å². The van der Waals surface area contributed by atoms with Crippen LogP contribution in [0.1, 0.15) is 31.1 Å². The summed E-state index contributed by atoms with van der Waals surface area (Å²) in [6.45, 7) is 16.5. The molecule has 1 heteroatoms. The van der Waals surface area contributed by atoms with Crippen LogP contribution in [0.4, 0.5) is 0 Å². The summed E-state index contributed by atoms with van der Waals surface area (Å²) in [6, 6.07) is 4.14. The van der Waals surface area contributed by atoms with Crippen molar-refractivity contribution >= 4 is 16.9 Å². The highest BCUT2D eigenvalue weighted by atomic mass is 32.1. The Kier molecular flexibility index (Phi) is 7.49. The predicted octanol–water partition coefficient (Wildman–Crippen LogP) is 6.73. The van der Waals surface area contributed by atoms with Gasteiger partial charge < -0.3 is 0 Å². The van der Waals surface area contributed by atoms with E-state index < -0.39 is 0 Å². The van der Waals surface area contributed by atoms with Gasteiger partial charge in [-0.25, -0.2) is 0 Å². The highest BCUT2D eigenvalue weighted by Gasteiger charge is 2.06. The summed E-state index contributed by atoms with van der Waals surface area (Å²) in [4.78, 5) is 1.22. The average molecular weight is 296 g/mol. The summed E-state index contributed by atoms with van der Waals surface area (Å²) in [5, 5.41) is 2.07. The first-order valence-corrected chi connectivity index (χ1v) is 8.07. The zero-order valence-electron chi connectivity index (χ0n) is 12.9. The van der Waals surface area contributed by atoms with Gasteiger partial charge in [-0.2, -0.15) is 0 Å². The lowest BCUT2D eigenvalue weighted by molar-refractivity contribution is 0.867. The van der Waals surface area contributed by atoms with Crippen LogP contribution in [0.5, 0.6) is 0 Å². The first kappa shape index (κ1) is 17.2. The molecule has 21 heavy (non-hydrogen) atoms. The van der Waals surface area contributed by atoms with Gasteiger partial charge in [0.15, 0.2) is 0 Å². The molecule has 0 nitrogen and oxygen atoms in total. The van der Waals surface area contributed by atoms with E-state index in [0.717, 1.165) is 24.0 Å². The van der Waals surface area contributed by atoms with Crippen molar-refractivity contribution in [1.82, 2.24) is 0 Å². The van der Waals surface area contributed by atoms with E-state index in [1.54, 1.807) is 11.3 Å². The molecule has 110 valence electrons. The van der Waals surface area contributed by atoms with Crippen LogP contribution in [0.15, 0.2) is 84.9 Å². The van der Waals surface area contributed by atoms with Gasteiger partial charge in [-0.3, -0.25) is 0 Å². The van der Waals surface area contributed by atoms with Gasteiger partial charge in [0.2, 0.25) is 0 Å². The normalized spacial score (nSPS) is 14.0. The van der Waals surface area contributed by atoms with Crippen LogP contribution < -0.4 is 0 Å². The summed E-state index contributed by atoms with van der Waals surface area (Å²) in [7, 11) is 0. The molecular formula is C20H24S. The number of rotatable bonds is 5. The molecule has 1 aliphatic carbocycles. The van der Waals surface area contributed by atoms with Crippen LogP contribution >= 0.6 is 11.3 Å². The second-order valence-corrected chi connectivity index (χ2v) is 5.68. The molecule has 0 spiro atoms. The van der Waals surface area contributed by atoms with Gasteiger partial charge in [0, 0.05) is 4.88 Å². The fourth-order valence-corrected chi connectivity index (χ4v) is 2.77. The molecule has 0 fully saturated rings. The number of hydrogen-bond donors (Lipinski definition) is 0. The van der Waals surface area contributed by atoms with E-state index in [4.69, 9.17) is 0 Å². The predicted molar refractivity (Wildman–Crippen MR) is 98.6 cm³/mol. The van der Waals surface area contributed by atoms with Crippen LogP contribution in [-0.2, 0) is 0 Å². The standard InChI is InChI=1S/C18H20S.C2H4/c1-4-16-9-11-17(12-10-16)14(2)7-8-15(3)18-6-5-13-19-18;1-2/h5-9,11,13H,2-4,10,12H2,1H3;1-2H2/b8-7-;. The third kappa shape index (κ3) is 5.20.